The molecule has 0 radical (unpaired) electrons. The molecule has 0 aromatic heterocycles. The number of phosphoric acid groups is 2. The Kier molecular flexibility index (Phi) is 66.5. The molecule has 0 heterocycles. The van der Waals surface area contributed by atoms with Crippen molar-refractivity contribution >= 4 is 39.5 Å². The third-order valence-electron chi connectivity index (χ3n) is 18.1. The number of esters is 4. The van der Waals surface area contributed by atoms with E-state index in [0.717, 1.165) is 102 Å². The van der Waals surface area contributed by atoms with Gasteiger partial charge in [-0.2, -0.15) is 0 Å². The van der Waals surface area contributed by atoms with Gasteiger partial charge in [0.05, 0.1) is 26.4 Å². The van der Waals surface area contributed by atoms with Gasteiger partial charge in [0.1, 0.15) is 19.3 Å². The number of aliphatic hydroxyl groups excluding tert-OH is 1. The normalized spacial score (nSPS) is 14.3. The summed E-state index contributed by atoms with van der Waals surface area (Å²) in [6.07, 6.45) is 55.5. The summed E-state index contributed by atoms with van der Waals surface area (Å²) in [5, 5.41) is 10.6. The van der Waals surface area contributed by atoms with Crippen molar-refractivity contribution in [2.24, 2.45) is 11.8 Å². The second-order valence-electron chi connectivity index (χ2n) is 28.1. The van der Waals surface area contributed by atoms with Crippen LogP contribution in [0.1, 0.15) is 395 Å². The van der Waals surface area contributed by atoms with Crippen LogP contribution in [0.15, 0.2) is 0 Å². The molecule has 6 atom stereocenters. The Morgan fingerprint density at radius 1 is 0.305 bits per heavy atom. The molecule has 0 saturated carbocycles. The lowest BCUT2D eigenvalue weighted by atomic mass is 9.99. The first-order valence-electron chi connectivity index (χ1n) is 39.5. The van der Waals surface area contributed by atoms with Gasteiger partial charge in [0.15, 0.2) is 12.2 Å². The van der Waals surface area contributed by atoms with Crippen LogP contribution in [0.25, 0.3) is 0 Å². The molecule has 0 rings (SSSR count). The molecule has 95 heavy (non-hydrogen) atoms. The standard InChI is InChI=1S/C76H148O17P2/c1-7-10-12-14-16-18-20-30-34-41-47-53-59-74(79)87-64-71(92-75(80)60-54-48-42-35-31-28-26-24-22-21-23-25-27-29-32-39-45-51-57-69(6)9-3)66-90-94(82,83)88-62-70(77)63-89-95(84,85)91-67-72(65-86-73(78)58-52-46-40-33-19-17-15-13-11-8-2)93-76(81)61-55-49-43-37-36-38-44-50-56-68(4)5/h68-72,77H,7-67H2,1-6H3,(H,82,83)(H,84,85)/t69?,70-,71-,72-/m1/s1. The number of carbonyl (C=O) groups is 4. The molecule has 0 aliphatic heterocycles. The van der Waals surface area contributed by atoms with Gasteiger partial charge in [-0.15, -0.1) is 0 Å². The fourth-order valence-corrected chi connectivity index (χ4v) is 13.2. The van der Waals surface area contributed by atoms with Gasteiger partial charge >= 0.3 is 39.5 Å². The monoisotopic (exact) mass is 1400 g/mol. The van der Waals surface area contributed by atoms with Crippen LogP contribution in [0.2, 0.25) is 0 Å². The predicted molar refractivity (Wildman–Crippen MR) is 386 cm³/mol. The molecular weight excluding hydrogens is 1250 g/mol. The maximum Gasteiger partial charge on any atom is 0.472 e. The number of hydrogen-bond donors (Lipinski definition) is 3. The van der Waals surface area contributed by atoms with Crippen molar-refractivity contribution in [1.29, 1.82) is 0 Å². The summed E-state index contributed by atoms with van der Waals surface area (Å²) in [5.41, 5.74) is 0. The van der Waals surface area contributed by atoms with E-state index in [1.54, 1.807) is 0 Å². The highest BCUT2D eigenvalue weighted by molar-refractivity contribution is 7.47. The Labute approximate surface area is 581 Å². The van der Waals surface area contributed by atoms with Gasteiger partial charge in [-0.3, -0.25) is 37.3 Å². The zero-order chi connectivity index (χ0) is 70.0. The Hall–Kier alpha value is -1.94. The summed E-state index contributed by atoms with van der Waals surface area (Å²) in [5.74, 6) is -0.528. The van der Waals surface area contributed by atoms with E-state index in [2.05, 4.69) is 41.5 Å². The maximum absolute atomic E-state index is 13.1. The van der Waals surface area contributed by atoms with Gasteiger partial charge in [-0.05, 0) is 37.5 Å². The van der Waals surface area contributed by atoms with Crippen molar-refractivity contribution in [2.75, 3.05) is 39.6 Å². The van der Waals surface area contributed by atoms with Gasteiger partial charge < -0.3 is 33.8 Å². The van der Waals surface area contributed by atoms with Gasteiger partial charge in [0.2, 0.25) is 0 Å². The minimum absolute atomic E-state index is 0.105. The molecule has 0 aromatic rings. The highest BCUT2D eigenvalue weighted by Crippen LogP contribution is 2.45. The van der Waals surface area contributed by atoms with Crippen molar-refractivity contribution in [3.63, 3.8) is 0 Å². The SMILES string of the molecule is CCCCCCCCCCCCCCC(=O)OC[C@H](COP(=O)(O)OC[C@@H](O)COP(=O)(O)OC[C@@H](COC(=O)CCCCCCCCCCCC)OC(=O)CCCCCCCCCCC(C)C)OC(=O)CCCCCCCCCCCCCCCCCCCCC(C)CC. The van der Waals surface area contributed by atoms with Gasteiger partial charge in [0.25, 0.3) is 0 Å². The molecule has 0 fully saturated rings. The first-order valence-corrected chi connectivity index (χ1v) is 42.5. The van der Waals surface area contributed by atoms with Crippen LogP contribution in [0.5, 0.6) is 0 Å². The number of aliphatic hydroxyl groups is 1. The van der Waals surface area contributed by atoms with Crippen LogP contribution in [-0.4, -0.2) is 96.7 Å². The van der Waals surface area contributed by atoms with Crippen molar-refractivity contribution in [3.8, 4) is 0 Å². The first-order chi connectivity index (χ1) is 45.9. The molecule has 3 unspecified atom stereocenters. The number of phosphoric ester groups is 2. The van der Waals surface area contributed by atoms with E-state index in [9.17, 15) is 43.2 Å². The van der Waals surface area contributed by atoms with E-state index < -0.39 is 97.5 Å². The summed E-state index contributed by atoms with van der Waals surface area (Å²) in [6.45, 7) is 9.61. The average molecular weight is 1400 g/mol. The lowest BCUT2D eigenvalue weighted by molar-refractivity contribution is -0.161. The second kappa shape index (κ2) is 67.9. The van der Waals surface area contributed by atoms with E-state index in [1.165, 1.54) is 212 Å². The molecule has 19 heteroatoms. The van der Waals surface area contributed by atoms with Gasteiger partial charge in [0, 0.05) is 25.7 Å². The van der Waals surface area contributed by atoms with Crippen LogP contribution >= 0.6 is 15.6 Å². The van der Waals surface area contributed by atoms with Gasteiger partial charge in [-0.25, -0.2) is 9.13 Å². The molecule has 564 valence electrons. The molecule has 0 bridgehead atoms. The Balaban J connectivity index is 5.17. The van der Waals surface area contributed by atoms with Crippen LogP contribution in [0.4, 0.5) is 0 Å². The van der Waals surface area contributed by atoms with Crippen molar-refractivity contribution in [3.05, 3.63) is 0 Å². The molecule has 0 aliphatic rings. The minimum atomic E-state index is -4.96. The number of carbonyl (C=O) groups excluding carboxylic acids is 4. The second-order valence-corrected chi connectivity index (χ2v) is 31.0. The van der Waals surface area contributed by atoms with Crippen LogP contribution in [0, 0.1) is 11.8 Å². The summed E-state index contributed by atoms with van der Waals surface area (Å²) >= 11 is 0. The highest BCUT2D eigenvalue weighted by atomic mass is 31.2. The van der Waals surface area contributed by atoms with E-state index >= 15 is 0 Å². The fraction of sp³-hybridized carbons (Fsp3) is 0.947. The van der Waals surface area contributed by atoms with Crippen molar-refractivity contribution in [1.82, 2.24) is 0 Å². The fourth-order valence-electron chi connectivity index (χ4n) is 11.6. The quantitative estimate of drug-likeness (QED) is 0.0222. The lowest BCUT2D eigenvalue weighted by Crippen LogP contribution is -2.30. The molecule has 0 aromatic carbocycles. The molecule has 0 spiro atoms. The topological polar surface area (TPSA) is 237 Å². The summed E-state index contributed by atoms with van der Waals surface area (Å²) in [4.78, 5) is 72.7. The van der Waals surface area contributed by atoms with Crippen LogP contribution in [0.3, 0.4) is 0 Å². The van der Waals surface area contributed by atoms with Crippen LogP contribution in [-0.2, 0) is 65.4 Å². The largest absolute Gasteiger partial charge is 0.472 e. The number of unbranched alkanes of at least 4 members (excludes halogenated alkanes) is 44. The van der Waals surface area contributed by atoms with Crippen molar-refractivity contribution < 1.29 is 80.2 Å². The van der Waals surface area contributed by atoms with Crippen LogP contribution < -0.4 is 0 Å². The van der Waals surface area contributed by atoms with E-state index in [1.807, 2.05) is 0 Å². The zero-order valence-electron chi connectivity index (χ0n) is 62.0. The molecule has 3 N–H and O–H groups in total. The zero-order valence-corrected chi connectivity index (χ0v) is 63.8. The highest BCUT2D eigenvalue weighted by Gasteiger charge is 2.30. The Morgan fingerprint density at radius 3 is 0.800 bits per heavy atom. The summed E-state index contributed by atoms with van der Waals surface area (Å²) in [6, 6.07) is 0. The summed E-state index contributed by atoms with van der Waals surface area (Å²) in [7, 11) is -9.91. The lowest BCUT2D eigenvalue weighted by Gasteiger charge is -2.21. The molecular formula is C76H148O17P2. The molecule has 17 nitrogen and oxygen atoms in total. The van der Waals surface area contributed by atoms with Gasteiger partial charge in [-0.1, -0.05) is 343 Å². The van der Waals surface area contributed by atoms with E-state index in [0.29, 0.717) is 25.7 Å². The predicted octanol–water partition coefficient (Wildman–Crippen LogP) is 22.3. The Morgan fingerprint density at radius 2 is 0.537 bits per heavy atom. The minimum Gasteiger partial charge on any atom is -0.462 e. The number of ether oxygens (including phenoxy) is 4. The summed E-state index contributed by atoms with van der Waals surface area (Å²) < 4.78 is 68.4. The van der Waals surface area contributed by atoms with E-state index in [-0.39, 0.29) is 25.7 Å². The number of rotatable bonds is 75. The number of hydrogen-bond acceptors (Lipinski definition) is 15. The third-order valence-corrected chi connectivity index (χ3v) is 20.0. The Bertz CT molecular complexity index is 1840. The molecule has 0 amide bonds. The average Bonchev–Trinajstić information content (AvgIpc) is 2.26. The molecule has 0 saturated heterocycles. The maximum atomic E-state index is 13.1. The van der Waals surface area contributed by atoms with Crippen molar-refractivity contribution in [2.45, 2.75) is 413 Å². The smallest absolute Gasteiger partial charge is 0.462 e. The molecule has 0 aliphatic carbocycles. The first kappa shape index (κ1) is 93.1. The van der Waals surface area contributed by atoms with E-state index in [4.69, 9.17) is 37.0 Å². The third kappa shape index (κ3) is 69.0.